The van der Waals surface area contributed by atoms with Crippen molar-refractivity contribution in [1.29, 1.82) is 0 Å². The summed E-state index contributed by atoms with van der Waals surface area (Å²) < 4.78 is 5.88. The number of ether oxygens (including phenoxy) is 1. The molecule has 10 heteroatoms. The monoisotopic (exact) mass is 567 g/mol. The molecule has 9 nitrogen and oxygen atoms in total. The summed E-state index contributed by atoms with van der Waals surface area (Å²) in [6.07, 6.45) is 0.252. The number of nitrogens with two attached hydrogens (primary N) is 1. The lowest BCUT2D eigenvalue weighted by atomic mass is 9.84. The number of carbonyl (C=O) groups excluding carboxylic acids is 3. The second-order valence-corrected chi connectivity index (χ2v) is 13.1. The number of nitrogens with zero attached hydrogens (tertiary/aromatic N) is 4. The SMILES string of the molecule is CC(C)C[C@H](C(=O)N1C[C@H](C(C)C)[C@H]2OCC(=O)[C@H]21)c1cc(-c2csc(N3CCN(C)CC3)n2)ccc1C(N)=O. The Labute approximate surface area is 240 Å². The second-order valence-electron chi connectivity index (χ2n) is 12.2. The maximum absolute atomic E-state index is 14.3. The highest BCUT2D eigenvalue weighted by atomic mass is 32.1. The summed E-state index contributed by atoms with van der Waals surface area (Å²) >= 11 is 1.61. The number of aromatic nitrogens is 1. The minimum absolute atomic E-state index is 0.0403. The van der Waals surface area contributed by atoms with Gasteiger partial charge in [0, 0.05) is 55.1 Å². The highest BCUT2D eigenvalue weighted by molar-refractivity contribution is 7.14. The number of hydrogen-bond donors (Lipinski definition) is 1. The first-order valence-electron chi connectivity index (χ1n) is 14.3. The van der Waals surface area contributed by atoms with Gasteiger partial charge >= 0.3 is 0 Å². The third-order valence-corrected chi connectivity index (χ3v) is 9.52. The number of likely N-dealkylation sites (N-methyl/N-ethyl adjacent to an activating group) is 1. The number of anilines is 1. The molecule has 2 amide bonds. The fourth-order valence-electron chi connectivity index (χ4n) is 6.32. The third-order valence-electron chi connectivity index (χ3n) is 8.62. The van der Waals surface area contributed by atoms with Gasteiger partial charge in [-0.2, -0.15) is 0 Å². The number of carbonyl (C=O) groups is 3. The Bertz CT molecular complexity index is 1270. The lowest BCUT2D eigenvalue weighted by Gasteiger charge is -2.32. The number of thiazole rings is 1. The number of ketones is 1. The van der Waals surface area contributed by atoms with Crippen molar-refractivity contribution in [2.45, 2.75) is 52.2 Å². The van der Waals surface area contributed by atoms with Gasteiger partial charge in [0.1, 0.15) is 12.6 Å². The quantitative estimate of drug-likeness (QED) is 0.522. The summed E-state index contributed by atoms with van der Waals surface area (Å²) in [4.78, 5) is 51.1. The Morgan fingerprint density at radius 1 is 1.15 bits per heavy atom. The normalized spacial score (nSPS) is 24.3. The van der Waals surface area contributed by atoms with E-state index in [1.54, 1.807) is 22.3 Å². The van der Waals surface area contributed by atoms with Crippen LogP contribution in [0.3, 0.4) is 0 Å². The topological polar surface area (TPSA) is 109 Å². The Morgan fingerprint density at radius 3 is 2.52 bits per heavy atom. The number of benzene rings is 1. The average Bonchev–Trinajstić information content (AvgIpc) is 3.64. The van der Waals surface area contributed by atoms with Gasteiger partial charge in [0.25, 0.3) is 0 Å². The smallest absolute Gasteiger partial charge is 0.249 e. The van der Waals surface area contributed by atoms with E-state index in [9.17, 15) is 14.4 Å². The van der Waals surface area contributed by atoms with Gasteiger partial charge in [0.05, 0.1) is 17.7 Å². The molecule has 40 heavy (non-hydrogen) atoms. The molecule has 0 saturated carbocycles. The molecule has 3 saturated heterocycles. The average molecular weight is 568 g/mol. The molecule has 4 heterocycles. The van der Waals surface area contributed by atoms with E-state index < -0.39 is 17.9 Å². The van der Waals surface area contributed by atoms with Crippen molar-refractivity contribution >= 4 is 34.1 Å². The molecular weight excluding hydrogens is 526 g/mol. The van der Waals surface area contributed by atoms with Gasteiger partial charge in [-0.3, -0.25) is 14.4 Å². The summed E-state index contributed by atoms with van der Waals surface area (Å²) in [5, 5.41) is 3.00. The van der Waals surface area contributed by atoms with E-state index in [2.05, 4.69) is 44.5 Å². The van der Waals surface area contributed by atoms with Gasteiger partial charge in [-0.05, 0) is 43.0 Å². The molecule has 2 aromatic rings. The molecule has 3 aliphatic heterocycles. The molecule has 0 spiro atoms. The molecule has 0 bridgehead atoms. The van der Waals surface area contributed by atoms with Gasteiger partial charge < -0.3 is 25.2 Å². The van der Waals surface area contributed by atoms with E-state index in [1.807, 2.05) is 17.5 Å². The zero-order valence-corrected chi connectivity index (χ0v) is 24.9. The molecule has 1 aromatic carbocycles. The number of piperazine rings is 1. The van der Waals surface area contributed by atoms with Crippen LogP contribution >= 0.6 is 11.3 Å². The number of amides is 2. The van der Waals surface area contributed by atoms with Gasteiger partial charge in [0.15, 0.2) is 10.9 Å². The summed E-state index contributed by atoms with van der Waals surface area (Å²) in [6, 6.07) is 4.92. The van der Waals surface area contributed by atoms with Crippen LogP contribution in [0.25, 0.3) is 11.3 Å². The predicted molar refractivity (Wildman–Crippen MR) is 157 cm³/mol. The van der Waals surface area contributed by atoms with Gasteiger partial charge in [-0.25, -0.2) is 4.98 Å². The third kappa shape index (κ3) is 5.53. The standard InChI is InChI=1S/C30H41N5O4S/c1-17(2)12-22(29(38)35-14-23(18(3)4)27-26(35)25(36)15-39-27)21-13-19(6-7-20(21)28(31)37)24-16-40-30(32-24)34-10-8-33(5)9-11-34/h6-7,13,16-18,22-23,26-27H,8-12,14-15H2,1-5H3,(H2,31,37)/t22-,23+,26+,27+/m0/s1. The Hall–Kier alpha value is -2.82. The molecule has 3 aliphatic rings. The zero-order chi connectivity index (χ0) is 28.7. The summed E-state index contributed by atoms with van der Waals surface area (Å²) in [6.45, 7) is 12.7. The molecule has 2 N–H and O–H groups in total. The number of rotatable bonds is 8. The highest BCUT2D eigenvalue weighted by Crippen LogP contribution is 2.40. The largest absolute Gasteiger partial charge is 0.367 e. The van der Waals surface area contributed by atoms with Gasteiger partial charge in [-0.15, -0.1) is 11.3 Å². The lowest BCUT2D eigenvalue weighted by Crippen LogP contribution is -2.44. The summed E-state index contributed by atoms with van der Waals surface area (Å²) in [7, 11) is 2.13. The van der Waals surface area contributed by atoms with Gasteiger partial charge in [0.2, 0.25) is 11.8 Å². The molecule has 3 fully saturated rings. The number of likely N-dealkylation sites (tertiary alicyclic amines) is 1. The molecular formula is C30H41N5O4S. The first-order chi connectivity index (χ1) is 19.0. The van der Waals surface area contributed by atoms with Crippen LogP contribution in [0.1, 0.15) is 56.0 Å². The first-order valence-corrected chi connectivity index (χ1v) is 15.2. The van der Waals surface area contributed by atoms with E-state index >= 15 is 0 Å². The van der Waals surface area contributed by atoms with Crippen molar-refractivity contribution in [1.82, 2.24) is 14.8 Å². The maximum Gasteiger partial charge on any atom is 0.249 e. The molecule has 0 radical (unpaired) electrons. The molecule has 0 aliphatic carbocycles. The number of Topliss-reactive ketones (excluding diaryl/α,β-unsaturated/α-hetero) is 1. The van der Waals surface area contributed by atoms with E-state index in [4.69, 9.17) is 15.5 Å². The Kier molecular flexibility index (Phi) is 8.31. The number of fused-ring (bicyclic) bond motifs is 1. The molecule has 216 valence electrons. The van der Waals surface area contributed by atoms with E-state index in [0.29, 0.717) is 24.1 Å². The molecule has 0 unspecified atom stereocenters. The number of primary amides is 1. The van der Waals surface area contributed by atoms with Crippen LogP contribution in [0.2, 0.25) is 0 Å². The van der Waals surface area contributed by atoms with Crippen LogP contribution < -0.4 is 10.6 Å². The van der Waals surface area contributed by atoms with Crippen molar-refractivity contribution in [3.05, 3.63) is 34.7 Å². The fourth-order valence-corrected chi connectivity index (χ4v) is 7.20. The maximum atomic E-state index is 14.3. The van der Waals surface area contributed by atoms with Crippen LogP contribution in [0.4, 0.5) is 5.13 Å². The molecule has 1 aromatic heterocycles. The highest BCUT2D eigenvalue weighted by Gasteiger charge is 2.53. The van der Waals surface area contributed by atoms with Crippen LogP contribution in [0, 0.1) is 17.8 Å². The van der Waals surface area contributed by atoms with Crippen molar-refractivity contribution in [3.8, 4) is 11.3 Å². The fraction of sp³-hybridized carbons (Fsp3) is 0.600. The van der Waals surface area contributed by atoms with Crippen LogP contribution in [0.5, 0.6) is 0 Å². The Balaban J connectivity index is 1.50. The summed E-state index contributed by atoms with van der Waals surface area (Å²) in [5.74, 6) is -0.837. The number of hydrogen-bond acceptors (Lipinski definition) is 8. The van der Waals surface area contributed by atoms with Crippen LogP contribution in [-0.2, 0) is 14.3 Å². The first kappa shape index (κ1) is 28.7. The zero-order valence-electron chi connectivity index (χ0n) is 24.1. The Morgan fingerprint density at radius 2 is 1.88 bits per heavy atom. The predicted octanol–water partition coefficient (Wildman–Crippen LogP) is 3.24. The van der Waals surface area contributed by atoms with Crippen LogP contribution in [-0.4, -0.2) is 90.9 Å². The lowest BCUT2D eigenvalue weighted by molar-refractivity contribution is -0.138. The van der Waals surface area contributed by atoms with Crippen LogP contribution in [0.15, 0.2) is 23.6 Å². The van der Waals surface area contributed by atoms with E-state index in [-0.39, 0.29) is 42.2 Å². The van der Waals surface area contributed by atoms with Gasteiger partial charge in [-0.1, -0.05) is 33.8 Å². The molecule has 4 atom stereocenters. The van der Waals surface area contributed by atoms with Crippen molar-refractivity contribution in [2.24, 2.45) is 23.5 Å². The minimum atomic E-state index is -0.613. The summed E-state index contributed by atoms with van der Waals surface area (Å²) in [5.41, 5.74) is 8.44. The van der Waals surface area contributed by atoms with Crippen molar-refractivity contribution in [2.75, 3.05) is 51.3 Å². The van der Waals surface area contributed by atoms with Crippen molar-refractivity contribution < 1.29 is 19.1 Å². The second kappa shape index (κ2) is 11.6. The molecule has 5 rings (SSSR count). The van der Waals surface area contributed by atoms with E-state index in [1.165, 1.54) is 0 Å². The van der Waals surface area contributed by atoms with E-state index in [0.717, 1.165) is 42.6 Å². The van der Waals surface area contributed by atoms with Crippen molar-refractivity contribution in [3.63, 3.8) is 0 Å². The minimum Gasteiger partial charge on any atom is -0.367 e.